The number of carbonyl (C=O) groups is 1. The third-order valence-electron chi connectivity index (χ3n) is 3.30. The quantitative estimate of drug-likeness (QED) is 0.798. The van der Waals surface area contributed by atoms with Gasteiger partial charge in [-0.1, -0.05) is 17.7 Å². The smallest absolute Gasteiger partial charge is 0.263 e. The van der Waals surface area contributed by atoms with Crippen molar-refractivity contribution in [1.29, 1.82) is 0 Å². The number of amides is 1. The van der Waals surface area contributed by atoms with Crippen LogP contribution in [0.4, 0.5) is 0 Å². The van der Waals surface area contributed by atoms with E-state index < -0.39 is 6.10 Å². The van der Waals surface area contributed by atoms with E-state index in [0.29, 0.717) is 16.7 Å². The summed E-state index contributed by atoms with van der Waals surface area (Å²) in [6.45, 7) is 2.52. The van der Waals surface area contributed by atoms with Crippen molar-refractivity contribution < 1.29 is 9.53 Å². The van der Waals surface area contributed by atoms with Crippen LogP contribution in [0.2, 0.25) is 5.02 Å². The minimum Gasteiger partial charge on any atom is -0.481 e. The van der Waals surface area contributed by atoms with Gasteiger partial charge in [0.1, 0.15) is 5.75 Å². The molecule has 0 N–H and O–H groups in total. The zero-order valence-corrected chi connectivity index (χ0v) is 12.3. The van der Waals surface area contributed by atoms with E-state index in [1.807, 2.05) is 4.90 Å². The Hall–Kier alpha value is -0.930. The van der Waals surface area contributed by atoms with E-state index in [1.165, 1.54) is 0 Å². The topological polar surface area (TPSA) is 29.5 Å². The Bertz CT molecular complexity index is 453. The van der Waals surface area contributed by atoms with Crippen molar-refractivity contribution in [1.82, 2.24) is 4.90 Å². The van der Waals surface area contributed by atoms with Crippen LogP contribution in [0.15, 0.2) is 24.3 Å². The summed E-state index contributed by atoms with van der Waals surface area (Å²) in [4.78, 5) is 14.1. The monoisotopic (exact) mass is 301 g/mol. The van der Waals surface area contributed by atoms with Gasteiger partial charge in [0.2, 0.25) is 0 Å². The van der Waals surface area contributed by atoms with Crippen molar-refractivity contribution in [3.8, 4) is 5.75 Å². The van der Waals surface area contributed by atoms with Crippen LogP contribution in [-0.2, 0) is 4.79 Å². The van der Waals surface area contributed by atoms with Crippen molar-refractivity contribution in [3.05, 3.63) is 29.3 Å². The number of ether oxygens (including phenoxy) is 1. The van der Waals surface area contributed by atoms with Gasteiger partial charge in [0.05, 0.1) is 0 Å². The van der Waals surface area contributed by atoms with Crippen LogP contribution in [0.1, 0.15) is 19.8 Å². The first-order valence-electron chi connectivity index (χ1n) is 6.40. The van der Waals surface area contributed by atoms with E-state index in [2.05, 4.69) is 0 Å². The maximum absolute atomic E-state index is 12.3. The number of alkyl halides is 1. The predicted molar refractivity (Wildman–Crippen MR) is 77.0 cm³/mol. The van der Waals surface area contributed by atoms with E-state index in [4.69, 9.17) is 27.9 Å². The standard InChI is InChI=1S/C14H17Cl2NO2/c1-10(19-13-6-2-4-11(16)8-13)14(18)17-7-3-5-12(17)9-15/h2,4,6,8,10,12H,3,5,7,9H2,1H3. The fraction of sp³-hybridized carbons (Fsp3) is 0.500. The lowest BCUT2D eigenvalue weighted by atomic mass is 10.2. The molecule has 0 radical (unpaired) electrons. The van der Waals surface area contributed by atoms with Crippen LogP contribution in [0.25, 0.3) is 0 Å². The van der Waals surface area contributed by atoms with Gasteiger partial charge in [-0.3, -0.25) is 4.79 Å². The van der Waals surface area contributed by atoms with Crippen molar-refractivity contribution in [2.24, 2.45) is 0 Å². The van der Waals surface area contributed by atoms with Crippen LogP contribution in [0.5, 0.6) is 5.75 Å². The molecule has 1 saturated heterocycles. The van der Waals surface area contributed by atoms with Gasteiger partial charge in [-0.15, -0.1) is 11.6 Å². The molecule has 104 valence electrons. The molecule has 0 spiro atoms. The van der Waals surface area contributed by atoms with Gasteiger partial charge in [0.15, 0.2) is 6.10 Å². The molecular formula is C14H17Cl2NO2. The van der Waals surface area contributed by atoms with Gasteiger partial charge >= 0.3 is 0 Å². The average Bonchev–Trinajstić information content (AvgIpc) is 2.86. The van der Waals surface area contributed by atoms with E-state index >= 15 is 0 Å². The fourth-order valence-corrected chi connectivity index (χ4v) is 2.82. The van der Waals surface area contributed by atoms with E-state index in [0.717, 1.165) is 19.4 Å². The maximum Gasteiger partial charge on any atom is 0.263 e. The van der Waals surface area contributed by atoms with Crippen molar-refractivity contribution in [2.75, 3.05) is 12.4 Å². The Morgan fingerprint density at radius 3 is 3.05 bits per heavy atom. The third kappa shape index (κ3) is 3.54. The molecule has 2 rings (SSSR count). The highest BCUT2D eigenvalue weighted by atomic mass is 35.5. The Morgan fingerprint density at radius 1 is 1.58 bits per heavy atom. The van der Waals surface area contributed by atoms with Crippen molar-refractivity contribution in [3.63, 3.8) is 0 Å². The zero-order chi connectivity index (χ0) is 13.8. The highest BCUT2D eigenvalue weighted by Gasteiger charge is 2.31. The molecule has 5 heteroatoms. The number of carbonyl (C=O) groups excluding carboxylic acids is 1. The average molecular weight is 302 g/mol. The van der Waals surface area contributed by atoms with Crippen LogP contribution in [0, 0.1) is 0 Å². The highest BCUT2D eigenvalue weighted by molar-refractivity contribution is 6.30. The van der Waals surface area contributed by atoms with Crippen LogP contribution in [-0.4, -0.2) is 35.4 Å². The lowest BCUT2D eigenvalue weighted by Crippen LogP contribution is -2.43. The molecule has 1 heterocycles. The van der Waals surface area contributed by atoms with Gasteiger partial charge in [0.25, 0.3) is 5.91 Å². The molecule has 1 aromatic carbocycles. The molecule has 2 unspecified atom stereocenters. The number of nitrogens with zero attached hydrogens (tertiary/aromatic N) is 1. The van der Waals surface area contributed by atoms with Crippen molar-refractivity contribution in [2.45, 2.75) is 31.9 Å². The summed E-state index contributed by atoms with van der Waals surface area (Å²) in [7, 11) is 0. The molecule has 0 aromatic heterocycles. The summed E-state index contributed by atoms with van der Waals surface area (Å²) in [5, 5.41) is 0.594. The molecule has 1 fully saturated rings. The van der Waals surface area contributed by atoms with E-state index in [1.54, 1.807) is 31.2 Å². The summed E-state index contributed by atoms with van der Waals surface area (Å²) in [6, 6.07) is 7.20. The van der Waals surface area contributed by atoms with Crippen molar-refractivity contribution >= 4 is 29.1 Å². The lowest BCUT2D eigenvalue weighted by Gasteiger charge is -2.26. The minimum atomic E-state index is -0.526. The van der Waals surface area contributed by atoms with Crippen LogP contribution < -0.4 is 4.74 Å². The Kier molecular flexibility index (Phi) is 4.94. The molecule has 1 aliphatic rings. The molecule has 2 atom stereocenters. The molecule has 3 nitrogen and oxygen atoms in total. The van der Waals surface area contributed by atoms with Gasteiger partial charge in [-0.2, -0.15) is 0 Å². The molecule has 0 saturated carbocycles. The first-order chi connectivity index (χ1) is 9.11. The summed E-state index contributed by atoms with van der Waals surface area (Å²) >= 11 is 11.8. The van der Waals surface area contributed by atoms with Gasteiger partial charge in [0, 0.05) is 23.5 Å². The molecule has 1 aliphatic heterocycles. The van der Waals surface area contributed by atoms with Crippen LogP contribution >= 0.6 is 23.2 Å². The van der Waals surface area contributed by atoms with Crippen LogP contribution in [0.3, 0.4) is 0 Å². The molecule has 1 aromatic rings. The molecule has 1 amide bonds. The third-order valence-corrected chi connectivity index (χ3v) is 3.89. The Balaban J connectivity index is 1.99. The van der Waals surface area contributed by atoms with E-state index in [-0.39, 0.29) is 11.9 Å². The van der Waals surface area contributed by atoms with E-state index in [9.17, 15) is 4.79 Å². The molecule has 0 bridgehead atoms. The largest absolute Gasteiger partial charge is 0.481 e. The number of hydrogen-bond acceptors (Lipinski definition) is 2. The minimum absolute atomic E-state index is 0.0110. The number of rotatable bonds is 4. The molecule has 19 heavy (non-hydrogen) atoms. The zero-order valence-electron chi connectivity index (χ0n) is 10.8. The lowest BCUT2D eigenvalue weighted by molar-refractivity contribution is -0.138. The van der Waals surface area contributed by atoms with Gasteiger partial charge in [-0.05, 0) is 38.0 Å². The van der Waals surface area contributed by atoms with Gasteiger partial charge in [-0.25, -0.2) is 0 Å². The Labute approximate surface area is 123 Å². The Morgan fingerprint density at radius 2 is 2.37 bits per heavy atom. The normalized spacial score (nSPS) is 20.4. The highest BCUT2D eigenvalue weighted by Crippen LogP contribution is 2.22. The first-order valence-corrected chi connectivity index (χ1v) is 7.31. The number of halogens is 2. The second-order valence-electron chi connectivity index (χ2n) is 4.70. The first kappa shape index (κ1) is 14.5. The summed E-state index contributed by atoms with van der Waals surface area (Å²) in [6.07, 6.45) is 1.45. The second kappa shape index (κ2) is 6.49. The summed E-state index contributed by atoms with van der Waals surface area (Å²) in [5.74, 6) is 1.08. The summed E-state index contributed by atoms with van der Waals surface area (Å²) in [5.41, 5.74) is 0. The maximum atomic E-state index is 12.3. The number of likely N-dealkylation sites (tertiary alicyclic amines) is 1. The predicted octanol–water partition coefficient (Wildman–Crippen LogP) is 3.34. The molecule has 0 aliphatic carbocycles. The second-order valence-corrected chi connectivity index (χ2v) is 5.44. The molecular weight excluding hydrogens is 285 g/mol. The SMILES string of the molecule is CC(Oc1cccc(Cl)c1)C(=O)N1CCCC1CCl. The number of hydrogen-bond donors (Lipinski definition) is 0. The fourth-order valence-electron chi connectivity index (χ4n) is 2.31. The van der Waals surface area contributed by atoms with Gasteiger partial charge < -0.3 is 9.64 Å². The number of benzene rings is 1. The summed E-state index contributed by atoms with van der Waals surface area (Å²) < 4.78 is 5.64.